The molecule has 2 N–H and O–H groups in total. The highest BCUT2D eigenvalue weighted by atomic mass is 16.2. The van der Waals surface area contributed by atoms with Crippen molar-refractivity contribution in [2.24, 2.45) is 5.92 Å². The summed E-state index contributed by atoms with van der Waals surface area (Å²) >= 11 is 0. The van der Waals surface area contributed by atoms with Gasteiger partial charge in [0.05, 0.1) is 0 Å². The van der Waals surface area contributed by atoms with Crippen LogP contribution in [-0.4, -0.2) is 25.0 Å². The van der Waals surface area contributed by atoms with Crippen LogP contribution in [0.1, 0.15) is 39.5 Å². The van der Waals surface area contributed by atoms with Gasteiger partial charge in [-0.25, -0.2) is 0 Å². The first-order valence-corrected chi connectivity index (χ1v) is 5.75. The van der Waals surface area contributed by atoms with E-state index in [1.807, 2.05) is 0 Å². The maximum absolute atomic E-state index is 11.2. The van der Waals surface area contributed by atoms with E-state index in [4.69, 9.17) is 0 Å². The Morgan fingerprint density at radius 3 is 2.71 bits per heavy atom. The van der Waals surface area contributed by atoms with Crippen LogP contribution in [0.4, 0.5) is 0 Å². The lowest BCUT2D eigenvalue weighted by molar-refractivity contribution is -0.122. The summed E-state index contributed by atoms with van der Waals surface area (Å²) in [6.45, 7) is 6.03. The molecular weight excluding hydrogens is 176 g/mol. The predicted molar refractivity (Wildman–Crippen MR) is 58.1 cm³/mol. The number of amides is 1. The first-order chi connectivity index (χ1) is 6.74. The molecule has 0 aromatic rings. The molecule has 1 saturated carbocycles. The van der Waals surface area contributed by atoms with E-state index in [9.17, 15) is 4.79 Å². The fourth-order valence-electron chi connectivity index (χ4n) is 1.53. The van der Waals surface area contributed by atoms with Gasteiger partial charge >= 0.3 is 0 Å². The molecule has 3 nitrogen and oxygen atoms in total. The van der Waals surface area contributed by atoms with Crippen molar-refractivity contribution in [3.63, 3.8) is 0 Å². The second kappa shape index (κ2) is 6.02. The van der Waals surface area contributed by atoms with Crippen LogP contribution in [0.25, 0.3) is 0 Å². The number of nitrogens with one attached hydrogen (secondary N) is 2. The largest absolute Gasteiger partial charge is 0.355 e. The Morgan fingerprint density at radius 2 is 2.14 bits per heavy atom. The summed E-state index contributed by atoms with van der Waals surface area (Å²) in [4.78, 5) is 11.2. The monoisotopic (exact) mass is 198 g/mol. The summed E-state index contributed by atoms with van der Waals surface area (Å²) in [7, 11) is 0. The minimum Gasteiger partial charge on any atom is -0.355 e. The summed E-state index contributed by atoms with van der Waals surface area (Å²) in [6.07, 6.45) is 4.59. The molecule has 1 unspecified atom stereocenters. The van der Waals surface area contributed by atoms with Crippen molar-refractivity contribution in [3.8, 4) is 0 Å². The second-order valence-electron chi connectivity index (χ2n) is 4.21. The Morgan fingerprint density at radius 1 is 1.43 bits per heavy atom. The second-order valence-corrected chi connectivity index (χ2v) is 4.21. The van der Waals surface area contributed by atoms with E-state index in [-0.39, 0.29) is 5.91 Å². The highest BCUT2D eigenvalue weighted by molar-refractivity contribution is 5.80. The van der Waals surface area contributed by atoms with Crippen molar-refractivity contribution in [3.05, 3.63) is 0 Å². The van der Waals surface area contributed by atoms with Crippen LogP contribution in [0.5, 0.6) is 0 Å². The summed E-state index contributed by atoms with van der Waals surface area (Å²) in [6, 6.07) is 0.567. The third kappa shape index (κ3) is 4.61. The number of rotatable bonds is 7. The lowest BCUT2D eigenvalue weighted by Gasteiger charge is -2.12. The maximum atomic E-state index is 11.2. The first kappa shape index (κ1) is 11.5. The van der Waals surface area contributed by atoms with Crippen molar-refractivity contribution >= 4 is 5.91 Å². The van der Waals surface area contributed by atoms with Crippen LogP contribution in [0.2, 0.25) is 0 Å². The van der Waals surface area contributed by atoms with E-state index in [1.54, 1.807) is 0 Å². The molecule has 1 fully saturated rings. The molecule has 1 aliphatic carbocycles. The molecular formula is C11H22N2O. The van der Waals surface area contributed by atoms with E-state index < -0.39 is 0 Å². The van der Waals surface area contributed by atoms with Crippen LogP contribution in [0.3, 0.4) is 0 Å². The van der Waals surface area contributed by atoms with Gasteiger partial charge in [-0.1, -0.05) is 13.3 Å². The molecule has 1 rings (SSSR count). The molecule has 1 aliphatic rings. The predicted octanol–water partition coefficient (Wildman–Crippen LogP) is 1.29. The van der Waals surface area contributed by atoms with Gasteiger partial charge in [0, 0.05) is 25.0 Å². The van der Waals surface area contributed by atoms with Gasteiger partial charge in [0.2, 0.25) is 5.91 Å². The fourth-order valence-corrected chi connectivity index (χ4v) is 1.53. The lowest BCUT2D eigenvalue weighted by atomic mass is 10.2. The third-order valence-electron chi connectivity index (χ3n) is 2.59. The highest BCUT2D eigenvalue weighted by Crippen LogP contribution is 2.28. The van der Waals surface area contributed by atoms with E-state index in [0.29, 0.717) is 12.0 Å². The van der Waals surface area contributed by atoms with Gasteiger partial charge in [-0.15, -0.1) is 0 Å². The van der Waals surface area contributed by atoms with Crippen LogP contribution in [-0.2, 0) is 4.79 Å². The molecule has 82 valence electrons. The zero-order valence-electron chi connectivity index (χ0n) is 9.31. The van der Waals surface area contributed by atoms with Crippen molar-refractivity contribution in [1.82, 2.24) is 10.6 Å². The third-order valence-corrected chi connectivity index (χ3v) is 2.59. The van der Waals surface area contributed by atoms with Gasteiger partial charge in [0.1, 0.15) is 0 Å². The number of hydrogen-bond acceptors (Lipinski definition) is 2. The zero-order chi connectivity index (χ0) is 10.4. The van der Waals surface area contributed by atoms with Crippen LogP contribution in [0.15, 0.2) is 0 Å². The average Bonchev–Trinajstić information content (AvgIpc) is 2.95. The number of carbonyl (C=O) groups excluding carboxylic acids is 1. The molecule has 0 radical (unpaired) electrons. The molecule has 0 aromatic heterocycles. The summed E-state index contributed by atoms with van der Waals surface area (Å²) in [5, 5.41) is 6.32. The van der Waals surface area contributed by atoms with E-state index >= 15 is 0 Å². The molecule has 0 heterocycles. The molecule has 0 spiro atoms. The normalized spacial score (nSPS) is 17.9. The minimum absolute atomic E-state index is 0.245. The van der Waals surface area contributed by atoms with E-state index in [0.717, 1.165) is 25.9 Å². The average molecular weight is 198 g/mol. The topological polar surface area (TPSA) is 41.1 Å². The zero-order valence-corrected chi connectivity index (χ0v) is 9.31. The molecule has 0 aromatic carbocycles. The van der Waals surface area contributed by atoms with Crippen molar-refractivity contribution in [2.45, 2.75) is 45.6 Å². The molecule has 0 aliphatic heterocycles. The van der Waals surface area contributed by atoms with Crippen molar-refractivity contribution in [1.29, 1.82) is 0 Å². The van der Waals surface area contributed by atoms with Gasteiger partial charge in [-0.3, -0.25) is 4.79 Å². The van der Waals surface area contributed by atoms with Gasteiger partial charge in [-0.2, -0.15) is 0 Å². The Hall–Kier alpha value is -0.570. The van der Waals surface area contributed by atoms with E-state index in [1.165, 1.54) is 12.8 Å². The number of carbonyl (C=O) groups is 1. The lowest BCUT2D eigenvalue weighted by Crippen LogP contribution is -2.36. The van der Waals surface area contributed by atoms with Crippen LogP contribution >= 0.6 is 0 Å². The fraction of sp³-hybridized carbons (Fsp3) is 0.909. The molecule has 0 bridgehead atoms. The first-order valence-electron chi connectivity index (χ1n) is 5.75. The maximum Gasteiger partial charge on any atom is 0.223 e. The molecule has 3 heteroatoms. The van der Waals surface area contributed by atoms with Crippen LogP contribution in [0, 0.1) is 5.92 Å². The smallest absolute Gasteiger partial charge is 0.223 e. The molecule has 14 heavy (non-hydrogen) atoms. The molecule has 0 saturated heterocycles. The Bertz CT molecular complexity index is 178. The highest BCUT2D eigenvalue weighted by Gasteiger charge is 2.28. The molecule has 1 amide bonds. The Labute approximate surface area is 86.6 Å². The molecule has 1 atom stereocenters. The summed E-state index contributed by atoms with van der Waals surface area (Å²) in [5.74, 6) is 0.581. The quantitative estimate of drug-likeness (QED) is 0.605. The van der Waals surface area contributed by atoms with Crippen molar-refractivity contribution < 1.29 is 4.79 Å². The summed E-state index contributed by atoms with van der Waals surface area (Å²) in [5.41, 5.74) is 0. The van der Waals surface area contributed by atoms with Crippen LogP contribution < -0.4 is 10.6 Å². The Kier molecular flexibility index (Phi) is 4.94. The van der Waals surface area contributed by atoms with Gasteiger partial charge in [0.15, 0.2) is 0 Å². The SMILES string of the molecule is CCCC(C)NCCNC(=O)C1CC1. The number of hydrogen-bond donors (Lipinski definition) is 2. The minimum atomic E-state index is 0.245. The van der Waals surface area contributed by atoms with E-state index in [2.05, 4.69) is 24.5 Å². The standard InChI is InChI=1S/C11H22N2O/c1-3-4-9(2)12-7-8-13-11(14)10-5-6-10/h9-10,12H,3-8H2,1-2H3,(H,13,14). The van der Waals surface area contributed by atoms with Crippen molar-refractivity contribution in [2.75, 3.05) is 13.1 Å². The van der Waals surface area contributed by atoms with Gasteiger partial charge in [0.25, 0.3) is 0 Å². The Balaban J connectivity index is 1.90. The summed E-state index contributed by atoms with van der Waals surface area (Å²) < 4.78 is 0. The van der Waals surface area contributed by atoms with Gasteiger partial charge in [-0.05, 0) is 26.2 Å². The van der Waals surface area contributed by atoms with Gasteiger partial charge < -0.3 is 10.6 Å².